The Bertz CT molecular complexity index is 988. The van der Waals surface area contributed by atoms with E-state index in [1.54, 1.807) is 36.3 Å². The van der Waals surface area contributed by atoms with Crippen LogP contribution in [0.25, 0.3) is 0 Å². The number of likely N-dealkylation sites (tertiary alicyclic amines) is 1. The minimum Gasteiger partial charge on any atom is -0.497 e. The van der Waals surface area contributed by atoms with Crippen LogP contribution in [0.4, 0.5) is 10.1 Å². The average molecular weight is 482 g/mol. The van der Waals surface area contributed by atoms with E-state index in [4.69, 9.17) is 4.74 Å². The van der Waals surface area contributed by atoms with E-state index in [1.807, 2.05) is 12.1 Å². The summed E-state index contributed by atoms with van der Waals surface area (Å²) < 4.78 is 19.0. The normalized spacial score (nSPS) is 21.7. The second-order valence-corrected chi connectivity index (χ2v) is 9.77. The largest absolute Gasteiger partial charge is 0.497 e. The van der Waals surface area contributed by atoms with Gasteiger partial charge in [0.05, 0.1) is 19.1 Å². The van der Waals surface area contributed by atoms with Crippen molar-refractivity contribution in [2.24, 2.45) is 11.8 Å². The number of nitrogens with zero attached hydrogens (tertiary/aromatic N) is 2. The lowest BCUT2D eigenvalue weighted by atomic mass is 9.83. The first-order chi connectivity index (χ1) is 17.0. The predicted octanol–water partition coefficient (Wildman–Crippen LogP) is 4.56. The molecule has 2 heterocycles. The molecule has 188 valence electrons. The maximum atomic E-state index is 13.7. The Kier molecular flexibility index (Phi) is 8.39. The summed E-state index contributed by atoms with van der Waals surface area (Å²) in [6, 6.07) is 12.9. The van der Waals surface area contributed by atoms with Gasteiger partial charge in [-0.15, -0.1) is 0 Å². The fraction of sp³-hybridized carbons (Fsp3) is 0.500. The number of anilines is 1. The molecule has 0 radical (unpaired) electrons. The highest BCUT2D eigenvalue weighted by Gasteiger charge is 2.41. The molecule has 2 saturated heterocycles. The zero-order valence-corrected chi connectivity index (χ0v) is 20.7. The van der Waals surface area contributed by atoms with Crippen LogP contribution in [-0.4, -0.2) is 50.0 Å². The van der Waals surface area contributed by atoms with Crippen molar-refractivity contribution in [1.29, 1.82) is 0 Å². The minimum absolute atomic E-state index is 0.0483. The molecule has 0 saturated carbocycles. The lowest BCUT2D eigenvalue weighted by molar-refractivity contribution is -0.129. The number of carbonyl (C=O) groups is 2. The number of hydrogen-bond donors (Lipinski definition) is 1. The monoisotopic (exact) mass is 481 g/mol. The molecule has 1 N–H and O–H groups in total. The number of carbonyl (C=O) groups excluding carboxylic acids is 2. The Morgan fingerprint density at radius 2 is 1.74 bits per heavy atom. The quantitative estimate of drug-likeness (QED) is 0.562. The lowest BCUT2D eigenvalue weighted by Gasteiger charge is -2.41. The number of ether oxygens (including phenoxy) is 1. The van der Waals surface area contributed by atoms with Gasteiger partial charge in [0, 0.05) is 18.7 Å². The topological polar surface area (TPSA) is 61.9 Å². The first kappa shape index (κ1) is 25.2. The van der Waals surface area contributed by atoms with E-state index in [0.29, 0.717) is 24.4 Å². The highest BCUT2D eigenvalue weighted by Crippen LogP contribution is 2.40. The summed E-state index contributed by atoms with van der Waals surface area (Å²) in [5, 5.41) is 3.12. The van der Waals surface area contributed by atoms with Gasteiger partial charge in [0.2, 0.25) is 11.8 Å². The summed E-state index contributed by atoms with van der Waals surface area (Å²) in [7, 11) is 1.59. The number of rotatable bonds is 8. The Hall–Kier alpha value is -2.93. The molecule has 6 nitrogen and oxygen atoms in total. The van der Waals surface area contributed by atoms with Gasteiger partial charge in [0.15, 0.2) is 0 Å². The van der Waals surface area contributed by atoms with Crippen molar-refractivity contribution < 1.29 is 18.7 Å². The Labute approximate surface area is 207 Å². The molecule has 2 aliphatic rings. The van der Waals surface area contributed by atoms with Crippen LogP contribution in [0.1, 0.15) is 50.6 Å². The number of benzene rings is 2. The first-order valence-corrected chi connectivity index (χ1v) is 12.7. The third-order valence-electron chi connectivity index (χ3n) is 7.32. The summed E-state index contributed by atoms with van der Waals surface area (Å²) in [4.78, 5) is 30.6. The molecule has 35 heavy (non-hydrogen) atoms. The van der Waals surface area contributed by atoms with Crippen LogP contribution < -0.4 is 15.0 Å². The van der Waals surface area contributed by atoms with E-state index < -0.39 is 12.0 Å². The highest BCUT2D eigenvalue weighted by atomic mass is 19.1. The molecule has 0 aliphatic carbocycles. The van der Waals surface area contributed by atoms with E-state index in [9.17, 15) is 14.0 Å². The molecule has 7 heteroatoms. The van der Waals surface area contributed by atoms with E-state index in [-0.39, 0.29) is 24.1 Å². The Morgan fingerprint density at radius 1 is 1.06 bits per heavy atom. The van der Waals surface area contributed by atoms with Crippen LogP contribution in [0.15, 0.2) is 48.5 Å². The van der Waals surface area contributed by atoms with E-state index >= 15 is 0 Å². The number of hydrogen-bond acceptors (Lipinski definition) is 4. The number of halogens is 1. The van der Waals surface area contributed by atoms with Gasteiger partial charge in [-0.2, -0.15) is 0 Å². The smallest absolute Gasteiger partial charge is 0.227 e. The minimum atomic E-state index is -0.506. The van der Waals surface area contributed by atoms with E-state index in [1.165, 1.54) is 25.0 Å². The molecule has 2 amide bonds. The van der Waals surface area contributed by atoms with Gasteiger partial charge in [0.1, 0.15) is 11.6 Å². The third kappa shape index (κ3) is 6.20. The number of methoxy groups -OCH3 is 1. The van der Waals surface area contributed by atoms with Crippen LogP contribution in [0, 0.1) is 17.7 Å². The van der Waals surface area contributed by atoms with Crippen molar-refractivity contribution in [2.45, 2.75) is 45.1 Å². The molecule has 2 atom stereocenters. The number of piperidine rings is 2. The van der Waals surface area contributed by atoms with E-state index in [0.717, 1.165) is 37.5 Å². The van der Waals surface area contributed by atoms with Crippen molar-refractivity contribution >= 4 is 17.5 Å². The highest BCUT2D eigenvalue weighted by molar-refractivity contribution is 5.97. The summed E-state index contributed by atoms with van der Waals surface area (Å²) in [5.74, 6) is 0.618. The maximum absolute atomic E-state index is 13.7. The van der Waals surface area contributed by atoms with Crippen LogP contribution >= 0.6 is 0 Å². The van der Waals surface area contributed by atoms with Gasteiger partial charge in [-0.3, -0.25) is 9.59 Å². The van der Waals surface area contributed by atoms with E-state index in [2.05, 4.69) is 17.1 Å². The van der Waals surface area contributed by atoms with Crippen LogP contribution in [0.2, 0.25) is 0 Å². The summed E-state index contributed by atoms with van der Waals surface area (Å²) in [6.07, 6.45) is 4.12. The molecule has 2 aromatic carbocycles. The lowest BCUT2D eigenvalue weighted by Crippen LogP contribution is -2.48. The summed E-state index contributed by atoms with van der Waals surface area (Å²) >= 11 is 0. The van der Waals surface area contributed by atoms with Gasteiger partial charge < -0.3 is 19.9 Å². The fourth-order valence-corrected chi connectivity index (χ4v) is 5.19. The Balaban J connectivity index is 1.48. The van der Waals surface area contributed by atoms with Gasteiger partial charge in [-0.25, -0.2) is 4.39 Å². The SMILES string of the molecule is COc1ccc(N2C(=O)CC[C@H](C(=O)NCCCN3CCC(C)CC3)[C@H]2c2ccc(F)cc2)cc1. The molecule has 0 unspecified atom stereocenters. The first-order valence-electron chi connectivity index (χ1n) is 12.7. The molecule has 0 spiro atoms. The van der Waals surface area contributed by atoms with Crippen LogP contribution in [0.5, 0.6) is 5.75 Å². The van der Waals surface area contributed by atoms with Crippen molar-refractivity contribution in [2.75, 3.05) is 38.2 Å². The molecule has 0 bridgehead atoms. The van der Waals surface area contributed by atoms with Gasteiger partial charge in [0.25, 0.3) is 0 Å². The third-order valence-corrected chi connectivity index (χ3v) is 7.32. The second-order valence-electron chi connectivity index (χ2n) is 9.77. The number of amides is 2. The van der Waals surface area contributed by atoms with Crippen molar-refractivity contribution in [3.05, 3.63) is 59.9 Å². The number of nitrogens with one attached hydrogen (secondary N) is 1. The second kappa shape index (κ2) is 11.7. The predicted molar refractivity (Wildman–Crippen MR) is 135 cm³/mol. The molecule has 2 aromatic rings. The fourth-order valence-electron chi connectivity index (χ4n) is 5.19. The van der Waals surface area contributed by atoms with Gasteiger partial charge >= 0.3 is 0 Å². The summed E-state index contributed by atoms with van der Waals surface area (Å²) in [5.41, 5.74) is 1.44. The maximum Gasteiger partial charge on any atom is 0.227 e. The van der Waals surface area contributed by atoms with Crippen LogP contribution in [-0.2, 0) is 9.59 Å². The molecule has 4 rings (SSSR count). The van der Waals surface area contributed by atoms with Crippen molar-refractivity contribution in [1.82, 2.24) is 10.2 Å². The molecule has 2 fully saturated rings. The zero-order valence-electron chi connectivity index (χ0n) is 20.7. The van der Waals surface area contributed by atoms with Crippen LogP contribution in [0.3, 0.4) is 0 Å². The van der Waals surface area contributed by atoms with Crippen molar-refractivity contribution in [3.63, 3.8) is 0 Å². The average Bonchev–Trinajstić information content (AvgIpc) is 2.88. The Morgan fingerprint density at radius 3 is 2.40 bits per heavy atom. The molecular weight excluding hydrogens is 445 g/mol. The standard InChI is InChI=1S/C28H36FN3O3/c1-20-14-18-31(19-15-20)17-3-16-30-28(34)25-12-13-26(33)32(23-8-10-24(35-2)11-9-23)27(25)21-4-6-22(29)7-5-21/h4-11,20,25,27H,3,12-19H2,1-2H3,(H,30,34)/t25-,27+/m0/s1. The van der Waals surface area contributed by atoms with Gasteiger partial charge in [-0.05, 0) is 93.2 Å². The zero-order chi connectivity index (χ0) is 24.8. The molecule has 2 aliphatic heterocycles. The van der Waals surface area contributed by atoms with Gasteiger partial charge in [-0.1, -0.05) is 19.1 Å². The molecule has 0 aromatic heterocycles. The molecular formula is C28H36FN3O3. The summed E-state index contributed by atoms with van der Waals surface area (Å²) in [6.45, 7) is 6.15. The van der Waals surface area contributed by atoms with Crippen molar-refractivity contribution in [3.8, 4) is 5.75 Å².